The Kier molecular flexibility index (Phi) is 4.76. The van der Waals surface area contributed by atoms with E-state index < -0.39 is 5.97 Å². The maximum Gasteiger partial charge on any atom is 0.307 e. The summed E-state index contributed by atoms with van der Waals surface area (Å²) in [5.41, 5.74) is 1.96. The zero-order valence-corrected chi connectivity index (χ0v) is 10.6. The van der Waals surface area contributed by atoms with Gasteiger partial charge in [-0.25, -0.2) is 0 Å². The topological polar surface area (TPSA) is 46.5 Å². The first-order valence-corrected chi connectivity index (χ1v) is 6.65. The van der Waals surface area contributed by atoms with Crippen LogP contribution in [0.2, 0.25) is 0 Å². The number of carboxylic acids is 1. The second-order valence-electron chi connectivity index (χ2n) is 4.96. The predicted octanol–water partition coefficient (Wildman–Crippen LogP) is 3.16. The second kappa shape index (κ2) is 6.55. The molecule has 0 radical (unpaired) electrons. The van der Waals surface area contributed by atoms with Crippen molar-refractivity contribution in [2.75, 3.05) is 0 Å². The van der Waals surface area contributed by atoms with E-state index in [-0.39, 0.29) is 6.42 Å². The van der Waals surface area contributed by atoms with Gasteiger partial charge in [0.15, 0.2) is 0 Å². The number of hydrogen-bond donors (Lipinski definition) is 1. The van der Waals surface area contributed by atoms with E-state index in [2.05, 4.69) is 0 Å². The van der Waals surface area contributed by atoms with Crippen LogP contribution < -0.4 is 0 Å². The third kappa shape index (κ3) is 4.15. The molecule has 0 bridgehead atoms. The van der Waals surface area contributed by atoms with Crippen LogP contribution >= 0.6 is 0 Å². The van der Waals surface area contributed by atoms with Gasteiger partial charge in [0.1, 0.15) is 0 Å². The molecule has 18 heavy (non-hydrogen) atoms. The van der Waals surface area contributed by atoms with Crippen molar-refractivity contribution in [1.29, 1.82) is 0 Å². The van der Waals surface area contributed by atoms with Gasteiger partial charge in [-0.3, -0.25) is 4.79 Å². The lowest BCUT2D eigenvalue weighted by atomic mass is 9.98. The smallest absolute Gasteiger partial charge is 0.307 e. The maximum absolute atomic E-state index is 10.6. The molecule has 0 aromatic heterocycles. The van der Waals surface area contributed by atoms with Crippen molar-refractivity contribution in [2.45, 2.75) is 51.2 Å². The fourth-order valence-electron chi connectivity index (χ4n) is 2.37. The lowest BCUT2D eigenvalue weighted by Crippen LogP contribution is -2.16. The first-order valence-electron chi connectivity index (χ1n) is 6.65. The molecule has 1 aliphatic carbocycles. The van der Waals surface area contributed by atoms with Gasteiger partial charge in [0.05, 0.1) is 19.1 Å². The highest BCUT2D eigenvalue weighted by molar-refractivity contribution is 5.70. The van der Waals surface area contributed by atoms with Gasteiger partial charge in [-0.1, -0.05) is 43.5 Å². The van der Waals surface area contributed by atoms with E-state index in [9.17, 15) is 4.79 Å². The number of aliphatic carboxylic acids is 1. The third-order valence-electron chi connectivity index (χ3n) is 3.42. The summed E-state index contributed by atoms with van der Waals surface area (Å²) in [5, 5.41) is 8.69. The minimum Gasteiger partial charge on any atom is -0.481 e. The Morgan fingerprint density at radius 1 is 1.11 bits per heavy atom. The quantitative estimate of drug-likeness (QED) is 0.870. The number of hydrogen-bond acceptors (Lipinski definition) is 2. The van der Waals surface area contributed by atoms with Crippen molar-refractivity contribution in [3.05, 3.63) is 35.4 Å². The summed E-state index contributed by atoms with van der Waals surface area (Å²) < 4.78 is 5.87. The van der Waals surface area contributed by atoms with Crippen molar-refractivity contribution >= 4 is 5.97 Å². The Bertz CT molecular complexity index is 377. The van der Waals surface area contributed by atoms with Crippen molar-refractivity contribution in [3.8, 4) is 0 Å². The van der Waals surface area contributed by atoms with Crippen molar-refractivity contribution < 1.29 is 14.6 Å². The van der Waals surface area contributed by atoms with E-state index in [1.54, 1.807) is 0 Å². The lowest BCUT2D eigenvalue weighted by Gasteiger charge is -2.22. The second-order valence-corrected chi connectivity index (χ2v) is 4.96. The largest absolute Gasteiger partial charge is 0.481 e. The summed E-state index contributed by atoms with van der Waals surface area (Å²) in [4.78, 5) is 10.6. The molecule has 3 nitrogen and oxygen atoms in total. The molecule has 0 atom stereocenters. The summed E-state index contributed by atoms with van der Waals surface area (Å²) in [6, 6.07) is 7.66. The van der Waals surface area contributed by atoms with Crippen LogP contribution in [0.3, 0.4) is 0 Å². The molecule has 3 heteroatoms. The minimum atomic E-state index is -0.791. The third-order valence-corrected chi connectivity index (χ3v) is 3.42. The first kappa shape index (κ1) is 13.1. The lowest BCUT2D eigenvalue weighted by molar-refractivity contribution is -0.136. The summed E-state index contributed by atoms with van der Waals surface area (Å²) in [6.07, 6.45) is 6.75. The van der Waals surface area contributed by atoms with E-state index in [0.29, 0.717) is 12.7 Å². The van der Waals surface area contributed by atoms with E-state index >= 15 is 0 Å². The molecule has 1 saturated carbocycles. The van der Waals surface area contributed by atoms with Crippen LogP contribution in [-0.2, 0) is 22.6 Å². The highest BCUT2D eigenvalue weighted by atomic mass is 16.5. The molecule has 1 aromatic rings. The molecule has 0 saturated heterocycles. The molecule has 98 valence electrons. The van der Waals surface area contributed by atoms with Crippen LogP contribution in [0, 0.1) is 0 Å². The first-order chi connectivity index (χ1) is 8.74. The summed E-state index contributed by atoms with van der Waals surface area (Å²) in [7, 11) is 0. The average Bonchev–Trinajstić information content (AvgIpc) is 2.38. The van der Waals surface area contributed by atoms with Gasteiger partial charge in [0, 0.05) is 0 Å². The van der Waals surface area contributed by atoms with Crippen LogP contribution in [0.15, 0.2) is 24.3 Å². The molecule has 0 heterocycles. The van der Waals surface area contributed by atoms with Gasteiger partial charge in [0.2, 0.25) is 0 Å². The van der Waals surface area contributed by atoms with E-state index in [4.69, 9.17) is 9.84 Å². The number of carboxylic acid groups (broad SMARTS) is 1. The van der Waals surface area contributed by atoms with Gasteiger partial charge in [0.25, 0.3) is 0 Å². The number of benzene rings is 1. The molecule has 1 fully saturated rings. The number of carbonyl (C=O) groups is 1. The molecule has 0 aliphatic heterocycles. The zero-order valence-electron chi connectivity index (χ0n) is 10.6. The molecule has 0 spiro atoms. The zero-order chi connectivity index (χ0) is 12.8. The van der Waals surface area contributed by atoms with Crippen molar-refractivity contribution in [2.24, 2.45) is 0 Å². The minimum absolute atomic E-state index is 0.0871. The molecule has 2 rings (SSSR count). The molecular weight excluding hydrogens is 228 g/mol. The van der Waals surface area contributed by atoms with Crippen LogP contribution in [0.5, 0.6) is 0 Å². The summed E-state index contributed by atoms with van der Waals surface area (Å²) in [5.74, 6) is -0.791. The highest BCUT2D eigenvalue weighted by Crippen LogP contribution is 2.21. The Hall–Kier alpha value is -1.35. The molecular formula is C15H20O3. The molecule has 1 aromatic carbocycles. The monoisotopic (exact) mass is 248 g/mol. The fraction of sp³-hybridized carbons (Fsp3) is 0.533. The molecule has 1 N–H and O–H groups in total. The van der Waals surface area contributed by atoms with E-state index in [1.165, 1.54) is 32.1 Å². The molecule has 0 unspecified atom stereocenters. The number of ether oxygens (including phenoxy) is 1. The van der Waals surface area contributed by atoms with Crippen LogP contribution in [0.4, 0.5) is 0 Å². The van der Waals surface area contributed by atoms with E-state index in [1.807, 2.05) is 24.3 Å². The van der Waals surface area contributed by atoms with E-state index in [0.717, 1.165) is 11.1 Å². The standard InChI is InChI=1S/C15H20O3/c16-15(17)10-12-6-8-13(9-7-12)11-18-14-4-2-1-3-5-14/h6-9,14H,1-5,10-11H2,(H,16,17). The molecule has 0 amide bonds. The Labute approximate surface area is 108 Å². The normalized spacial score (nSPS) is 16.7. The van der Waals surface area contributed by atoms with Gasteiger partial charge in [-0.05, 0) is 24.0 Å². The van der Waals surface area contributed by atoms with Crippen LogP contribution in [-0.4, -0.2) is 17.2 Å². The van der Waals surface area contributed by atoms with Gasteiger partial charge in [-0.2, -0.15) is 0 Å². The number of rotatable bonds is 5. The van der Waals surface area contributed by atoms with Crippen LogP contribution in [0.1, 0.15) is 43.2 Å². The van der Waals surface area contributed by atoms with Crippen LogP contribution in [0.25, 0.3) is 0 Å². The predicted molar refractivity (Wildman–Crippen MR) is 69.4 cm³/mol. The SMILES string of the molecule is O=C(O)Cc1ccc(COC2CCCCC2)cc1. The van der Waals surface area contributed by atoms with Gasteiger partial charge >= 0.3 is 5.97 Å². The Morgan fingerprint density at radius 3 is 2.33 bits per heavy atom. The summed E-state index contributed by atoms with van der Waals surface area (Å²) in [6.45, 7) is 0.637. The highest BCUT2D eigenvalue weighted by Gasteiger charge is 2.13. The Morgan fingerprint density at radius 2 is 1.72 bits per heavy atom. The van der Waals surface area contributed by atoms with Gasteiger partial charge < -0.3 is 9.84 Å². The summed E-state index contributed by atoms with van der Waals surface area (Å²) >= 11 is 0. The maximum atomic E-state index is 10.6. The van der Waals surface area contributed by atoms with Crippen molar-refractivity contribution in [1.82, 2.24) is 0 Å². The fourth-order valence-corrected chi connectivity index (χ4v) is 2.37. The average molecular weight is 248 g/mol. The Balaban J connectivity index is 1.80. The van der Waals surface area contributed by atoms with Gasteiger partial charge in [-0.15, -0.1) is 0 Å². The molecule has 1 aliphatic rings. The van der Waals surface area contributed by atoms with Crippen molar-refractivity contribution in [3.63, 3.8) is 0 Å².